The minimum absolute atomic E-state index is 0.00779. The van der Waals surface area contributed by atoms with Gasteiger partial charge < -0.3 is 25.4 Å². The fourth-order valence-corrected chi connectivity index (χ4v) is 0.746. The van der Waals surface area contributed by atoms with Gasteiger partial charge in [-0.3, -0.25) is 9.59 Å². The zero-order valence-corrected chi connectivity index (χ0v) is 8.22. The van der Waals surface area contributed by atoms with Gasteiger partial charge in [0.25, 0.3) is 0 Å². The van der Waals surface area contributed by atoms with Crippen LogP contribution in [-0.4, -0.2) is 54.6 Å². The second-order valence-electron chi connectivity index (χ2n) is 2.71. The Bertz CT molecular complexity index is 207. The number of carboxylic acids is 1. The molecule has 0 fully saturated rings. The summed E-state index contributed by atoms with van der Waals surface area (Å²) in [6, 6.07) is -1.15. The lowest BCUT2D eigenvalue weighted by Gasteiger charge is -2.09. The number of ether oxygens (including phenoxy) is 2. The molecule has 0 saturated heterocycles. The summed E-state index contributed by atoms with van der Waals surface area (Å²) >= 11 is 0. The van der Waals surface area contributed by atoms with Crippen LogP contribution in [0.4, 0.5) is 0 Å². The van der Waals surface area contributed by atoms with Crippen molar-refractivity contribution in [3.8, 4) is 0 Å². The maximum absolute atomic E-state index is 11.0. The highest BCUT2D eigenvalue weighted by atomic mass is 16.6. The monoisotopic (exact) mass is 221 g/mol. The van der Waals surface area contributed by atoms with E-state index >= 15 is 0 Å². The minimum Gasteiger partial charge on any atom is -0.481 e. The molecule has 4 N–H and O–H groups in total. The van der Waals surface area contributed by atoms with Crippen molar-refractivity contribution < 1.29 is 29.3 Å². The van der Waals surface area contributed by atoms with Crippen LogP contribution in [0, 0.1) is 0 Å². The highest BCUT2D eigenvalue weighted by Gasteiger charge is 2.17. The molecule has 0 heterocycles. The number of aliphatic hydroxyl groups is 1. The van der Waals surface area contributed by atoms with Crippen molar-refractivity contribution in [2.24, 2.45) is 5.73 Å². The van der Waals surface area contributed by atoms with Gasteiger partial charge in [0.2, 0.25) is 0 Å². The van der Waals surface area contributed by atoms with Crippen molar-refractivity contribution >= 4 is 11.9 Å². The Morgan fingerprint density at radius 3 is 2.47 bits per heavy atom. The van der Waals surface area contributed by atoms with Gasteiger partial charge >= 0.3 is 11.9 Å². The summed E-state index contributed by atoms with van der Waals surface area (Å²) < 4.78 is 9.43. The molecule has 0 rings (SSSR count). The van der Waals surface area contributed by atoms with E-state index in [1.165, 1.54) is 0 Å². The lowest BCUT2D eigenvalue weighted by molar-refractivity contribution is -0.150. The number of hydrogen-bond donors (Lipinski definition) is 3. The maximum atomic E-state index is 11.0. The lowest BCUT2D eigenvalue weighted by Crippen LogP contribution is -2.35. The minimum atomic E-state index is -1.16. The Labute approximate surface area is 86.8 Å². The van der Waals surface area contributed by atoms with Crippen molar-refractivity contribution in [2.75, 3.05) is 26.4 Å². The van der Waals surface area contributed by atoms with Crippen LogP contribution >= 0.6 is 0 Å². The van der Waals surface area contributed by atoms with Crippen LogP contribution in [0.15, 0.2) is 0 Å². The summed E-state index contributed by atoms with van der Waals surface area (Å²) in [5.41, 5.74) is 5.22. The van der Waals surface area contributed by atoms with Crippen LogP contribution in [-0.2, 0) is 19.1 Å². The van der Waals surface area contributed by atoms with Crippen LogP contribution in [0.25, 0.3) is 0 Å². The fourth-order valence-electron chi connectivity index (χ4n) is 0.746. The summed E-state index contributed by atoms with van der Waals surface area (Å²) in [4.78, 5) is 21.2. The molecule has 0 bridgehead atoms. The van der Waals surface area contributed by atoms with Gasteiger partial charge in [0.15, 0.2) is 0 Å². The highest BCUT2D eigenvalue weighted by molar-refractivity contribution is 5.81. The SMILES string of the molecule is NC(CC(=O)O)C(=O)OCCOCCO. The summed E-state index contributed by atoms with van der Waals surface area (Å²) in [5, 5.41) is 16.7. The quantitative estimate of drug-likeness (QED) is 0.331. The molecule has 88 valence electrons. The first-order valence-electron chi connectivity index (χ1n) is 4.40. The van der Waals surface area contributed by atoms with Gasteiger partial charge in [0.05, 0.1) is 26.2 Å². The summed E-state index contributed by atoms with van der Waals surface area (Å²) in [6.07, 6.45) is -0.462. The number of esters is 1. The number of carboxylic acid groups (broad SMARTS) is 1. The summed E-state index contributed by atoms with van der Waals surface area (Å²) in [5.74, 6) is -1.93. The van der Waals surface area contributed by atoms with Crippen LogP contribution in [0.3, 0.4) is 0 Å². The summed E-state index contributed by atoms with van der Waals surface area (Å²) in [7, 11) is 0. The third-order valence-corrected chi connectivity index (χ3v) is 1.40. The first kappa shape index (κ1) is 13.8. The van der Waals surface area contributed by atoms with Gasteiger partial charge in [0.1, 0.15) is 12.6 Å². The zero-order valence-electron chi connectivity index (χ0n) is 8.22. The molecule has 0 aromatic heterocycles. The Balaban J connectivity index is 3.51. The molecule has 0 aliphatic heterocycles. The lowest BCUT2D eigenvalue weighted by atomic mass is 10.2. The normalized spacial score (nSPS) is 12.1. The molecule has 1 atom stereocenters. The topological polar surface area (TPSA) is 119 Å². The van der Waals surface area contributed by atoms with E-state index in [2.05, 4.69) is 4.74 Å². The van der Waals surface area contributed by atoms with Crippen molar-refractivity contribution in [1.29, 1.82) is 0 Å². The largest absolute Gasteiger partial charge is 0.481 e. The van der Waals surface area contributed by atoms with E-state index in [0.29, 0.717) is 0 Å². The predicted molar refractivity (Wildman–Crippen MR) is 49.1 cm³/mol. The second kappa shape index (κ2) is 8.16. The van der Waals surface area contributed by atoms with Crippen molar-refractivity contribution in [2.45, 2.75) is 12.5 Å². The van der Waals surface area contributed by atoms with Crippen LogP contribution in [0.5, 0.6) is 0 Å². The first-order chi connectivity index (χ1) is 7.07. The van der Waals surface area contributed by atoms with E-state index in [0.717, 1.165) is 0 Å². The first-order valence-corrected chi connectivity index (χ1v) is 4.40. The molecule has 0 aliphatic carbocycles. The molecule has 0 aliphatic rings. The molecule has 0 aromatic rings. The molecular weight excluding hydrogens is 206 g/mol. The Kier molecular flexibility index (Phi) is 7.51. The van der Waals surface area contributed by atoms with E-state index in [1.807, 2.05) is 0 Å². The van der Waals surface area contributed by atoms with Crippen LogP contribution in [0.2, 0.25) is 0 Å². The molecule has 0 spiro atoms. The zero-order chi connectivity index (χ0) is 11.7. The molecule has 0 amide bonds. The Hall–Kier alpha value is -1.18. The smallest absolute Gasteiger partial charge is 0.323 e. The molecule has 7 heteroatoms. The summed E-state index contributed by atoms with van der Waals surface area (Å²) in [6.45, 7) is 0.198. The van der Waals surface area contributed by atoms with Gasteiger partial charge in [-0.05, 0) is 0 Å². The molecule has 0 radical (unpaired) electrons. The second-order valence-corrected chi connectivity index (χ2v) is 2.71. The Morgan fingerprint density at radius 1 is 1.27 bits per heavy atom. The molecule has 15 heavy (non-hydrogen) atoms. The molecule has 1 unspecified atom stereocenters. The van der Waals surface area contributed by atoms with Gasteiger partial charge in [-0.2, -0.15) is 0 Å². The number of rotatable bonds is 8. The van der Waals surface area contributed by atoms with Gasteiger partial charge in [-0.1, -0.05) is 0 Å². The van der Waals surface area contributed by atoms with Crippen LogP contribution < -0.4 is 5.73 Å². The number of aliphatic carboxylic acids is 1. The number of hydrogen-bond acceptors (Lipinski definition) is 6. The van der Waals surface area contributed by atoms with Crippen LogP contribution in [0.1, 0.15) is 6.42 Å². The van der Waals surface area contributed by atoms with Crippen molar-refractivity contribution in [3.63, 3.8) is 0 Å². The molecular formula is C8H15NO6. The maximum Gasteiger partial charge on any atom is 0.323 e. The highest BCUT2D eigenvalue weighted by Crippen LogP contribution is 1.92. The number of aliphatic hydroxyl groups excluding tert-OH is 1. The van der Waals surface area contributed by atoms with E-state index in [1.54, 1.807) is 0 Å². The van der Waals surface area contributed by atoms with Gasteiger partial charge in [-0.15, -0.1) is 0 Å². The van der Waals surface area contributed by atoms with E-state index < -0.39 is 24.4 Å². The number of carbonyl (C=O) groups is 2. The number of carbonyl (C=O) groups excluding carboxylic acids is 1. The van der Waals surface area contributed by atoms with E-state index in [9.17, 15) is 9.59 Å². The Morgan fingerprint density at radius 2 is 1.93 bits per heavy atom. The van der Waals surface area contributed by atoms with Gasteiger partial charge in [-0.25, -0.2) is 0 Å². The van der Waals surface area contributed by atoms with E-state index in [-0.39, 0.29) is 26.4 Å². The third-order valence-electron chi connectivity index (χ3n) is 1.40. The van der Waals surface area contributed by atoms with E-state index in [4.69, 9.17) is 20.7 Å². The average Bonchev–Trinajstić information content (AvgIpc) is 2.16. The molecule has 7 nitrogen and oxygen atoms in total. The molecule has 0 aromatic carbocycles. The fraction of sp³-hybridized carbons (Fsp3) is 0.750. The average molecular weight is 221 g/mol. The molecule has 0 saturated carbocycles. The predicted octanol–water partition coefficient (Wildman–Crippen LogP) is -1.66. The van der Waals surface area contributed by atoms with Gasteiger partial charge in [0, 0.05) is 0 Å². The van der Waals surface area contributed by atoms with Crippen molar-refractivity contribution in [3.05, 3.63) is 0 Å². The van der Waals surface area contributed by atoms with Crippen molar-refractivity contribution in [1.82, 2.24) is 0 Å². The standard InChI is InChI=1S/C8H15NO6/c9-6(5-7(11)12)8(13)15-4-3-14-2-1-10/h6,10H,1-5,9H2,(H,11,12). The third kappa shape index (κ3) is 7.86. The number of nitrogens with two attached hydrogens (primary N) is 1.